The van der Waals surface area contributed by atoms with Crippen LogP contribution in [-0.4, -0.2) is 34.5 Å². The molecule has 0 aliphatic carbocycles. The molecule has 0 aliphatic rings. The zero-order chi connectivity index (χ0) is 12.6. The van der Waals surface area contributed by atoms with Crippen molar-refractivity contribution in [2.45, 2.75) is 58.3 Å². The molecule has 0 unspecified atom stereocenters. The Morgan fingerprint density at radius 3 is 1.25 bits per heavy atom. The average Bonchev–Trinajstić information content (AvgIpc) is 2.29. The van der Waals surface area contributed by atoms with Crippen molar-refractivity contribution < 1.29 is 20.1 Å². The molecular weight excluding hydrogens is 208 g/mol. The highest BCUT2D eigenvalue weighted by Gasteiger charge is 1.89. The van der Waals surface area contributed by atoms with Crippen LogP contribution in [-0.2, 0) is 4.79 Å². The van der Waals surface area contributed by atoms with Crippen LogP contribution in [0.5, 0.6) is 0 Å². The molecule has 0 atom stereocenters. The Bertz CT molecular complexity index is 129. The Labute approximate surface area is 98.3 Å². The van der Waals surface area contributed by atoms with Gasteiger partial charge in [-0.1, -0.05) is 39.0 Å². The van der Waals surface area contributed by atoms with Crippen molar-refractivity contribution >= 4 is 5.97 Å². The summed E-state index contributed by atoms with van der Waals surface area (Å²) in [6.45, 7) is 2.26. The monoisotopic (exact) mass is 234 g/mol. The maximum absolute atomic E-state index is 9.37. The smallest absolute Gasteiger partial charge is 0.303 e. The van der Waals surface area contributed by atoms with Gasteiger partial charge in [0, 0.05) is 19.6 Å². The number of unbranched alkanes of at least 4 members (excludes halogenated alkanes) is 6. The molecule has 0 aliphatic heterocycles. The van der Waals surface area contributed by atoms with Crippen LogP contribution in [0.1, 0.15) is 58.3 Å². The van der Waals surface area contributed by atoms with Gasteiger partial charge >= 0.3 is 5.97 Å². The predicted molar refractivity (Wildman–Crippen MR) is 64.4 cm³/mol. The Hall–Kier alpha value is -0.610. The minimum Gasteiger partial charge on any atom is -0.481 e. The van der Waals surface area contributed by atoms with Crippen LogP contribution < -0.4 is 0 Å². The molecule has 0 heterocycles. The number of carbonyl (C=O) groups is 1. The number of hydrogen-bond acceptors (Lipinski definition) is 3. The Morgan fingerprint density at radius 2 is 1.06 bits per heavy atom. The predicted octanol–water partition coefficient (Wildman–Crippen LogP) is 2.18. The van der Waals surface area contributed by atoms with E-state index >= 15 is 0 Å². The highest BCUT2D eigenvalue weighted by molar-refractivity contribution is 5.66. The van der Waals surface area contributed by atoms with Gasteiger partial charge in [0.1, 0.15) is 0 Å². The second-order valence-corrected chi connectivity index (χ2v) is 3.67. The van der Waals surface area contributed by atoms with E-state index in [1.54, 1.807) is 6.92 Å². The fourth-order valence-electron chi connectivity index (χ4n) is 1.11. The lowest BCUT2D eigenvalue weighted by molar-refractivity contribution is -0.136. The Morgan fingerprint density at radius 1 is 0.812 bits per heavy atom. The van der Waals surface area contributed by atoms with Gasteiger partial charge < -0.3 is 15.3 Å². The van der Waals surface area contributed by atoms with Crippen LogP contribution in [0.25, 0.3) is 0 Å². The lowest BCUT2D eigenvalue weighted by atomic mass is 10.1. The van der Waals surface area contributed by atoms with Crippen LogP contribution in [0.4, 0.5) is 0 Å². The molecule has 0 spiro atoms. The maximum Gasteiger partial charge on any atom is 0.303 e. The summed E-state index contributed by atoms with van der Waals surface area (Å²) in [5.74, 6) is -0.745. The number of aliphatic hydroxyl groups excluding tert-OH is 2. The molecule has 0 aromatic heterocycles. The fourth-order valence-corrected chi connectivity index (χ4v) is 1.11. The van der Waals surface area contributed by atoms with Gasteiger partial charge in [0.05, 0.1) is 0 Å². The van der Waals surface area contributed by atoms with Crippen molar-refractivity contribution in [2.24, 2.45) is 0 Å². The van der Waals surface area contributed by atoms with E-state index in [1.165, 1.54) is 19.3 Å². The standard InChI is InChI=1S/C9H20O2.C3H6O2/c10-8-6-4-2-1-3-5-7-9-11;1-2-3(4)5/h10-11H,1-9H2;2H2,1H3,(H,4,5). The van der Waals surface area contributed by atoms with Gasteiger partial charge in [-0.25, -0.2) is 0 Å². The number of carboxylic acid groups (broad SMARTS) is 1. The number of rotatable bonds is 9. The molecule has 0 saturated heterocycles. The summed E-state index contributed by atoms with van der Waals surface area (Å²) >= 11 is 0. The lowest BCUT2D eigenvalue weighted by Gasteiger charge is -1.98. The second kappa shape index (κ2) is 16.8. The SMILES string of the molecule is CCC(=O)O.OCCCCCCCCCO. The summed E-state index contributed by atoms with van der Waals surface area (Å²) in [6.07, 6.45) is 8.11. The topological polar surface area (TPSA) is 77.8 Å². The van der Waals surface area contributed by atoms with E-state index in [2.05, 4.69) is 0 Å². The number of carboxylic acids is 1. The quantitative estimate of drug-likeness (QED) is 0.534. The van der Waals surface area contributed by atoms with Crippen molar-refractivity contribution in [1.29, 1.82) is 0 Å². The molecule has 0 aromatic carbocycles. The summed E-state index contributed by atoms with van der Waals surface area (Å²) in [5.41, 5.74) is 0. The lowest BCUT2D eigenvalue weighted by Crippen LogP contribution is -1.86. The third-order valence-electron chi connectivity index (χ3n) is 2.12. The molecule has 0 saturated carbocycles. The van der Waals surface area contributed by atoms with Gasteiger partial charge in [0.25, 0.3) is 0 Å². The highest BCUT2D eigenvalue weighted by Crippen LogP contribution is 2.06. The first-order valence-electron chi connectivity index (χ1n) is 6.12. The summed E-state index contributed by atoms with van der Waals surface area (Å²) in [6, 6.07) is 0. The molecule has 0 radical (unpaired) electrons. The molecule has 0 rings (SSSR count). The van der Waals surface area contributed by atoms with Gasteiger partial charge in [-0.05, 0) is 12.8 Å². The summed E-state index contributed by atoms with van der Waals surface area (Å²) in [5, 5.41) is 24.7. The van der Waals surface area contributed by atoms with Crippen LogP contribution in [0.3, 0.4) is 0 Å². The van der Waals surface area contributed by atoms with Crippen LogP contribution in [0, 0.1) is 0 Å². The summed E-state index contributed by atoms with van der Waals surface area (Å²) < 4.78 is 0. The van der Waals surface area contributed by atoms with Crippen molar-refractivity contribution in [3.63, 3.8) is 0 Å². The summed E-state index contributed by atoms with van der Waals surface area (Å²) in [4.78, 5) is 9.37. The van der Waals surface area contributed by atoms with E-state index < -0.39 is 5.97 Å². The minimum atomic E-state index is -0.745. The number of aliphatic hydroxyl groups is 2. The molecule has 98 valence electrons. The molecular formula is C12H26O4. The van der Waals surface area contributed by atoms with Crippen molar-refractivity contribution in [3.8, 4) is 0 Å². The first-order chi connectivity index (χ1) is 7.68. The van der Waals surface area contributed by atoms with Crippen molar-refractivity contribution in [1.82, 2.24) is 0 Å². The first-order valence-corrected chi connectivity index (χ1v) is 6.12. The molecule has 0 fully saturated rings. The van der Waals surface area contributed by atoms with E-state index in [9.17, 15) is 4.79 Å². The zero-order valence-electron chi connectivity index (χ0n) is 10.3. The second-order valence-electron chi connectivity index (χ2n) is 3.67. The van der Waals surface area contributed by atoms with Gasteiger partial charge in [-0.15, -0.1) is 0 Å². The van der Waals surface area contributed by atoms with E-state index in [0.29, 0.717) is 13.2 Å². The average molecular weight is 234 g/mol. The minimum absolute atomic E-state index is 0.222. The van der Waals surface area contributed by atoms with E-state index in [0.717, 1.165) is 25.7 Å². The van der Waals surface area contributed by atoms with Gasteiger partial charge in [0.2, 0.25) is 0 Å². The van der Waals surface area contributed by atoms with Crippen molar-refractivity contribution in [3.05, 3.63) is 0 Å². The third kappa shape index (κ3) is 23.3. The Balaban J connectivity index is 0. The number of aliphatic carboxylic acids is 1. The van der Waals surface area contributed by atoms with Crippen molar-refractivity contribution in [2.75, 3.05) is 13.2 Å². The first kappa shape index (κ1) is 17.8. The highest BCUT2D eigenvalue weighted by atomic mass is 16.4. The van der Waals surface area contributed by atoms with Gasteiger partial charge in [-0.2, -0.15) is 0 Å². The third-order valence-corrected chi connectivity index (χ3v) is 2.12. The molecule has 0 amide bonds. The van der Waals surface area contributed by atoms with Crippen LogP contribution >= 0.6 is 0 Å². The van der Waals surface area contributed by atoms with Gasteiger partial charge in [0.15, 0.2) is 0 Å². The molecule has 16 heavy (non-hydrogen) atoms. The Kier molecular flexibility index (Phi) is 18.7. The van der Waals surface area contributed by atoms with Crippen LogP contribution in [0.2, 0.25) is 0 Å². The van der Waals surface area contributed by atoms with E-state index in [4.69, 9.17) is 15.3 Å². The zero-order valence-corrected chi connectivity index (χ0v) is 10.3. The summed E-state index contributed by atoms with van der Waals surface area (Å²) in [7, 11) is 0. The van der Waals surface area contributed by atoms with E-state index in [1.807, 2.05) is 0 Å². The largest absolute Gasteiger partial charge is 0.481 e. The molecule has 3 N–H and O–H groups in total. The van der Waals surface area contributed by atoms with Crippen LogP contribution in [0.15, 0.2) is 0 Å². The maximum atomic E-state index is 9.37. The molecule has 4 nitrogen and oxygen atoms in total. The normalized spacial score (nSPS) is 9.44. The molecule has 0 bridgehead atoms. The fraction of sp³-hybridized carbons (Fsp3) is 0.917. The molecule has 0 aromatic rings. The van der Waals surface area contributed by atoms with Gasteiger partial charge in [-0.3, -0.25) is 4.79 Å². The molecule has 4 heteroatoms. The van der Waals surface area contributed by atoms with E-state index in [-0.39, 0.29) is 6.42 Å². The number of hydrogen-bond donors (Lipinski definition) is 3.